The van der Waals surface area contributed by atoms with E-state index in [0.717, 1.165) is 24.1 Å². The molecule has 25 heavy (non-hydrogen) atoms. The van der Waals surface area contributed by atoms with Crippen LogP contribution in [0.5, 0.6) is 0 Å². The van der Waals surface area contributed by atoms with Crippen molar-refractivity contribution in [2.45, 2.75) is 32.6 Å². The van der Waals surface area contributed by atoms with Crippen LogP contribution < -0.4 is 11.1 Å². The number of anilines is 1. The minimum atomic E-state index is -0.0935. The minimum absolute atomic E-state index is 0. The van der Waals surface area contributed by atoms with Crippen LogP contribution >= 0.6 is 12.4 Å². The van der Waals surface area contributed by atoms with Gasteiger partial charge < -0.3 is 11.1 Å². The summed E-state index contributed by atoms with van der Waals surface area (Å²) in [4.78, 5) is 23.9. The number of nitrogens with one attached hydrogen (secondary N) is 1. The number of carbonyl (C=O) groups excluding carboxylic acids is 2. The van der Waals surface area contributed by atoms with Crippen molar-refractivity contribution in [3.63, 3.8) is 0 Å². The summed E-state index contributed by atoms with van der Waals surface area (Å²) in [6.45, 7) is 2.63. The zero-order valence-corrected chi connectivity index (χ0v) is 15.3. The van der Waals surface area contributed by atoms with Gasteiger partial charge in [-0.15, -0.1) is 12.4 Å². The fraction of sp³-hybridized carbons (Fsp3) is 0.300. The Morgan fingerprint density at radius 2 is 1.52 bits per heavy atom. The Morgan fingerprint density at radius 1 is 0.920 bits per heavy atom. The first-order chi connectivity index (χ1) is 11.6. The first kappa shape index (κ1) is 20.7. The average Bonchev–Trinajstić information content (AvgIpc) is 2.61. The molecule has 0 heterocycles. The second kappa shape index (κ2) is 10.5. The SMILES string of the molecule is CCc1ccc(C(=O)CCC(=O)NCCc2ccc(N)cc2)cc1.Cl. The third kappa shape index (κ3) is 6.98. The molecule has 0 aromatic heterocycles. The summed E-state index contributed by atoms with van der Waals surface area (Å²) in [5, 5.41) is 2.85. The van der Waals surface area contributed by atoms with Gasteiger partial charge in [-0.3, -0.25) is 9.59 Å². The molecule has 2 aromatic carbocycles. The lowest BCUT2D eigenvalue weighted by Gasteiger charge is -2.06. The Morgan fingerprint density at radius 3 is 2.12 bits per heavy atom. The highest BCUT2D eigenvalue weighted by Crippen LogP contribution is 2.09. The maximum Gasteiger partial charge on any atom is 0.220 e. The van der Waals surface area contributed by atoms with Crippen molar-refractivity contribution in [2.24, 2.45) is 0 Å². The molecule has 0 saturated carbocycles. The predicted octanol–water partition coefficient (Wildman–Crippen LogP) is 3.57. The summed E-state index contributed by atoms with van der Waals surface area (Å²) in [5.74, 6) is -0.0877. The highest BCUT2D eigenvalue weighted by Gasteiger charge is 2.09. The van der Waals surface area contributed by atoms with Gasteiger partial charge in [-0.05, 0) is 36.1 Å². The Hall–Kier alpha value is -2.33. The van der Waals surface area contributed by atoms with Crippen LogP contribution in [0.4, 0.5) is 5.69 Å². The molecule has 0 bridgehead atoms. The number of benzene rings is 2. The fourth-order valence-electron chi connectivity index (χ4n) is 2.42. The van der Waals surface area contributed by atoms with Gasteiger partial charge in [0.05, 0.1) is 0 Å². The first-order valence-corrected chi connectivity index (χ1v) is 8.31. The molecule has 2 rings (SSSR count). The monoisotopic (exact) mass is 360 g/mol. The molecule has 0 unspecified atom stereocenters. The van der Waals surface area contributed by atoms with Gasteiger partial charge in [0.2, 0.25) is 5.91 Å². The topological polar surface area (TPSA) is 72.2 Å². The maximum atomic E-state index is 12.1. The van der Waals surface area contributed by atoms with Gasteiger partial charge in [0, 0.05) is 30.6 Å². The number of nitrogen functional groups attached to an aromatic ring is 1. The second-order valence-corrected chi connectivity index (χ2v) is 5.82. The van der Waals surface area contributed by atoms with E-state index in [1.807, 2.05) is 48.5 Å². The van der Waals surface area contributed by atoms with Gasteiger partial charge in [0.1, 0.15) is 0 Å². The molecule has 0 aliphatic rings. The minimum Gasteiger partial charge on any atom is -0.399 e. The van der Waals surface area contributed by atoms with Crippen LogP contribution in [0.25, 0.3) is 0 Å². The maximum absolute atomic E-state index is 12.1. The number of amides is 1. The van der Waals surface area contributed by atoms with Gasteiger partial charge in [-0.2, -0.15) is 0 Å². The Balaban J connectivity index is 0.00000312. The number of Topliss-reactive ketones (excluding diaryl/α,β-unsaturated/α-hetero) is 1. The highest BCUT2D eigenvalue weighted by atomic mass is 35.5. The van der Waals surface area contributed by atoms with Crippen molar-refractivity contribution in [1.82, 2.24) is 5.32 Å². The van der Waals surface area contributed by atoms with E-state index < -0.39 is 0 Å². The van der Waals surface area contributed by atoms with Crippen LogP contribution in [0.2, 0.25) is 0 Å². The number of ketones is 1. The van der Waals surface area contributed by atoms with Crippen LogP contribution in [-0.2, 0) is 17.6 Å². The molecule has 1 amide bonds. The van der Waals surface area contributed by atoms with Crippen molar-refractivity contribution < 1.29 is 9.59 Å². The molecular formula is C20H25ClN2O2. The lowest BCUT2D eigenvalue weighted by molar-refractivity contribution is -0.121. The number of nitrogens with two attached hydrogens (primary N) is 1. The molecular weight excluding hydrogens is 336 g/mol. The molecule has 0 spiro atoms. The number of hydrogen-bond donors (Lipinski definition) is 2. The van der Waals surface area contributed by atoms with E-state index in [1.165, 1.54) is 5.56 Å². The Bertz CT molecular complexity index is 682. The third-order valence-electron chi connectivity index (χ3n) is 3.98. The number of halogens is 1. The molecule has 0 aliphatic carbocycles. The van der Waals surface area contributed by atoms with Gasteiger partial charge >= 0.3 is 0 Å². The van der Waals surface area contributed by atoms with Crippen LogP contribution in [0, 0.1) is 0 Å². The van der Waals surface area contributed by atoms with Crippen LogP contribution in [0.3, 0.4) is 0 Å². The number of aryl methyl sites for hydroxylation is 1. The fourth-order valence-corrected chi connectivity index (χ4v) is 2.42. The second-order valence-electron chi connectivity index (χ2n) is 5.82. The molecule has 0 radical (unpaired) electrons. The molecule has 0 aliphatic heterocycles. The lowest BCUT2D eigenvalue weighted by atomic mass is 10.0. The van der Waals surface area contributed by atoms with Gasteiger partial charge in [0.25, 0.3) is 0 Å². The normalized spacial score (nSPS) is 9.96. The van der Waals surface area contributed by atoms with Gasteiger partial charge in [-0.25, -0.2) is 0 Å². The average molecular weight is 361 g/mol. The van der Waals surface area contributed by atoms with E-state index in [0.29, 0.717) is 12.1 Å². The lowest BCUT2D eigenvalue weighted by Crippen LogP contribution is -2.26. The van der Waals surface area contributed by atoms with E-state index in [-0.39, 0.29) is 36.9 Å². The van der Waals surface area contributed by atoms with Crippen molar-refractivity contribution in [3.8, 4) is 0 Å². The summed E-state index contributed by atoms with van der Waals surface area (Å²) in [7, 11) is 0. The van der Waals surface area contributed by atoms with E-state index >= 15 is 0 Å². The van der Waals surface area contributed by atoms with E-state index in [9.17, 15) is 9.59 Å². The first-order valence-electron chi connectivity index (χ1n) is 8.31. The molecule has 5 heteroatoms. The molecule has 134 valence electrons. The number of rotatable bonds is 8. The van der Waals surface area contributed by atoms with Crippen LogP contribution in [0.1, 0.15) is 41.3 Å². The molecule has 0 atom stereocenters. The van der Waals surface area contributed by atoms with Crippen LogP contribution in [-0.4, -0.2) is 18.2 Å². The van der Waals surface area contributed by atoms with Crippen molar-refractivity contribution in [3.05, 3.63) is 65.2 Å². The Kier molecular flexibility index (Phi) is 8.71. The third-order valence-corrected chi connectivity index (χ3v) is 3.98. The summed E-state index contributed by atoms with van der Waals surface area (Å²) in [6.07, 6.45) is 2.15. The van der Waals surface area contributed by atoms with Crippen LogP contribution in [0.15, 0.2) is 48.5 Å². The van der Waals surface area contributed by atoms with Crippen molar-refractivity contribution >= 4 is 29.8 Å². The number of carbonyl (C=O) groups is 2. The van der Waals surface area contributed by atoms with E-state index in [1.54, 1.807) is 0 Å². The molecule has 0 fully saturated rings. The molecule has 2 aromatic rings. The zero-order chi connectivity index (χ0) is 17.4. The number of hydrogen-bond acceptors (Lipinski definition) is 3. The predicted molar refractivity (Wildman–Crippen MR) is 104 cm³/mol. The summed E-state index contributed by atoms with van der Waals surface area (Å²) >= 11 is 0. The summed E-state index contributed by atoms with van der Waals surface area (Å²) in [6, 6.07) is 15.2. The Labute approximate surface area is 155 Å². The van der Waals surface area contributed by atoms with Crippen molar-refractivity contribution in [2.75, 3.05) is 12.3 Å². The van der Waals surface area contributed by atoms with E-state index in [2.05, 4.69) is 12.2 Å². The quantitative estimate of drug-likeness (QED) is 0.558. The van der Waals surface area contributed by atoms with E-state index in [4.69, 9.17) is 5.73 Å². The summed E-state index contributed by atoms with van der Waals surface area (Å²) in [5.41, 5.74) is 9.35. The largest absolute Gasteiger partial charge is 0.399 e. The standard InChI is InChI=1S/C20H24N2O2.ClH/c1-2-15-3-7-17(8-4-15)19(23)11-12-20(24)22-14-13-16-5-9-18(21)10-6-16;/h3-10H,2,11-14,21H2,1H3,(H,22,24);1H. The smallest absolute Gasteiger partial charge is 0.220 e. The highest BCUT2D eigenvalue weighted by molar-refractivity contribution is 5.97. The van der Waals surface area contributed by atoms with Crippen molar-refractivity contribution in [1.29, 1.82) is 0 Å². The molecule has 4 nitrogen and oxygen atoms in total. The molecule has 0 saturated heterocycles. The molecule has 3 N–H and O–H groups in total. The summed E-state index contributed by atoms with van der Waals surface area (Å²) < 4.78 is 0. The van der Waals surface area contributed by atoms with Gasteiger partial charge in [-0.1, -0.05) is 43.3 Å². The van der Waals surface area contributed by atoms with Gasteiger partial charge in [0.15, 0.2) is 5.78 Å². The zero-order valence-electron chi connectivity index (χ0n) is 14.5.